The Balaban J connectivity index is 1.77. The molecule has 1 heterocycles. The van der Waals surface area contributed by atoms with Crippen LogP contribution in [-0.2, 0) is 13.5 Å². The SMILES string of the molecule is Cn1cncc1CCNC(=O)Nc1cccc(F)c1. The number of hydrogen-bond donors (Lipinski definition) is 2. The van der Waals surface area contributed by atoms with Gasteiger partial charge in [-0.3, -0.25) is 0 Å². The minimum atomic E-state index is -0.382. The highest BCUT2D eigenvalue weighted by Gasteiger charge is 2.03. The lowest BCUT2D eigenvalue weighted by molar-refractivity contribution is 0.252. The Morgan fingerprint density at radius 3 is 3.00 bits per heavy atom. The van der Waals surface area contributed by atoms with Gasteiger partial charge in [0, 0.05) is 37.6 Å². The third-order valence-corrected chi connectivity index (χ3v) is 2.67. The predicted molar refractivity (Wildman–Crippen MR) is 70.3 cm³/mol. The van der Waals surface area contributed by atoms with Gasteiger partial charge in [0.1, 0.15) is 5.82 Å². The second-order valence-corrected chi connectivity index (χ2v) is 4.14. The van der Waals surface area contributed by atoms with E-state index in [0.717, 1.165) is 5.69 Å². The minimum Gasteiger partial charge on any atom is -0.338 e. The van der Waals surface area contributed by atoms with Crippen LogP contribution in [0.15, 0.2) is 36.8 Å². The first kappa shape index (κ1) is 13.1. The van der Waals surface area contributed by atoms with E-state index in [1.165, 1.54) is 12.1 Å². The van der Waals surface area contributed by atoms with Crippen molar-refractivity contribution in [2.45, 2.75) is 6.42 Å². The highest BCUT2D eigenvalue weighted by atomic mass is 19.1. The molecule has 19 heavy (non-hydrogen) atoms. The Bertz CT molecular complexity index is 567. The fourth-order valence-corrected chi connectivity index (χ4v) is 1.67. The first-order valence-corrected chi connectivity index (χ1v) is 5.91. The fraction of sp³-hybridized carbons (Fsp3) is 0.231. The second-order valence-electron chi connectivity index (χ2n) is 4.14. The molecular weight excluding hydrogens is 247 g/mol. The van der Waals surface area contributed by atoms with Crippen molar-refractivity contribution in [3.63, 3.8) is 0 Å². The van der Waals surface area contributed by atoms with Gasteiger partial charge in [-0.1, -0.05) is 6.07 Å². The van der Waals surface area contributed by atoms with Crippen molar-refractivity contribution in [2.24, 2.45) is 7.05 Å². The average molecular weight is 262 g/mol. The molecule has 2 N–H and O–H groups in total. The number of benzene rings is 1. The van der Waals surface area contributed by atoms with Crippen molar-refractivity contribution in [1.29, 1.82) is 0 Å². The molecule has 0 bridgehead atoms. The fourth-order valence-electron chi connectivity index (χ4n) is 1.67. The summed E-state index contributed by atoms with van der Waals surface area (Å²) in [6.07, 6.45) is 4.15. The number of urea groups is 1. The first-order valence-electron chi connectivity index (χ1n) is 5.91. The van der Waals surface area contributed by atoms with Gasteiger partial charge in [0.15, 0.2) is 0 Å². The van der Waals surface area contributed by atoms with Crippen LogP contribution in [0, 0.1) is 5.82 Å². The van der Waals surface area contributed by atoms with Crippen LogP contribution >= 0.6 is 0 Å². The molecule has 0 aliphatic carbocycles. The Hall–Kier alpha value is -2.37. The summed E-state index contributed by atoms with van der Waals surface area (Å²) in [5.74, 6) is -0.382. The van der Waals surface area contributed by atoms with Gasteiger partial charge in [0.25, 0.3) is 0 Å². The molecule has 0 saturated carbocycles. The molecule has 0 saturated heterocycles. The minimum absolute atomic E-state index is 0.354. The number of halogens is 1. The van der Waals surface area contributed by atoms with Crippen LogP contribution in [0.5, 0.6) is 0 Å². The lowest BCUT2D eigenvalue weighted by Gasteiger charge is -2.07. The van der Waals surface area contributed by atoms with E-state index >= 15 is 0 Å². The maximum atomic E-state index is 12.9. The number of aromatic nitrogens is 2. The topological polar surface area (TPSA) is 59.0 Å². The van der Waals surface area contributed by atoms with Crippen molar-refractivity contribution in [2.75, 3.05) is 11.9 Å². The molecule has 0 radical (unpaired) electrons. The Labute approximate surface area is 110 Å². The third-order valence-electron chi connectivity index (χ3n) is 2.67. The average Bonchev–Trinajstić information content (AvgIpc) is 2.75. The molecule has 2 amide bonds. The highest BCUT2D eigenvalue weighted by Crippen LogP contribution is 2.08. The van der Waals surface area contributed by atoms with Gasteiger partial charge >= 0.3 is 6.03 Å². The number of nitrogens with one attached hydrogen (secondary N) is 2. The third kappa shape index (κ3) is 3.80. The number of anilines is 1. The summed E-state index contributed by atoms with van der Waals surface area (Å²) >= 11 is 0. The van der Waals surface area contributed by atoms with Crippen LogP contribution in [0.25, 0.3) is 0 Å². The summed E-state index contributed by atoms with van der Waals surface area (Å²) < 4.78 is 14.8. The monoisotopic (exact) mass is 262 g/mol. The Morgan fingerprint density at radius 2 is 2.32 bits per heavy atom. The summed E-state index contributed by atoms with van der Waals surface area (Å²) in [4.78, 5) is 15.6. The van der Waals surface area contributed by atoms with Crippen molar-refractivity contribution in [3.05, 3.63) is 48.3 Å². The van der Waals surface area contributed by atoms with E-state index in [2.05, 4.69) is 15.6 Å². The molecule has 0 unspecified atom stereocenters. The van der Waals surface area contributed by atoms with E-state index in [4.69, 9.17) is 0 Å². The first-order chi connectivity index (χ1) is 9.15. The van der Waals surface area contributed by atoms with Gasteiger partial charge in [-0.15, -0.1) is 0 Å². The molecule has 0 aliphatic rings. The maximum Gasteiger partial charge on any atom is 0.319 e. The second kappa shape index (κ2) is 5.99. The Kier molecular flexibility index (Phi) is 4.12. The van der Waals surface area contributed by atoms with Gasteiger partial charge in [0.05, 0.1) is 6.33 Å². The van der Waals surface area contributed by atoms with E-state index in [0.29, 0.717) is 18.7 Å². The molecule has 1 aromatic carbocycles. The van der Waals surface area contributed by atoms with E-state index < -0.39 is 0 Å². The van der Waals surface area contributed by atoms with E-state index in [1.807, 2.05) is 11.6 Å². The number of carbonyl (C=O) groups excluding carboxylic acids is 1. The quantitative estimate of drug-likeness (QED) is 0.884. The Morgan fingerprint density at radius 1 is 1.47 bits per heavy atom. The summed E-state index contributed by atoms with van der Waals surface area (Å²) in [5, 5.41) is 5.27. The summed E-state index contributed by atoms with van der Waals surface area (Å²) in [7, 11) is 1.90. The zero-order chi connectivity index (χ0) is 13.7. The van der Waals surface area contributed by atoms with E-state index in [-0.39, 0.29) is 11.8 Å². The van der Waals surface area contributed by atoms with Gasteiger partial charge in [0.2, 0.25) is 0 Å². The molecule has 5 nitrogen and oxygen atoms in total. The number of carbonyl (C=O) groups is 1. The lowest BCUT2D eigenvalue weighted by atomic mass is 10.3. The molecular formula is C13H15FN4O. The summed E-state index contributed by atoms with van der Waals surface area (Å²) in [5.41, 5.74) is 1.46. The number of nitrogens with zero attached hydrogens (tertiary/aromatic N) is 2. The van der Waals surface area contributed by atoms with Crippen molar-refractivity contribution in [1.82, 2.24) is 14.9 Å². The van der Waals surface area contributed by atoms with Gasteiger partial charge in [-0.2, -0.15) is 0 Å². The smallest absolute Gasteiger partial charge is 0.319 e. The summed E-state index contributed by atoms with van der Waals surface area (Å²) in [6.45, 7) is 0.487. The number of amides is 2. The number of hydrogen-bond acceptors (Lipinski definition) is 2. The van der Waals surface area contributed by atoms with Crippen LogP contribution < -0.4 is 10.6 Å². The number of rotatable bonds is 4. The lowest BCUT2D eigenvalue weighted by Crippen LogP contribution is -2.30. The van der Waals surface area contributed by atoms with E-state index in [9.17, 15) is 9.18 Å². The standard InChI is InChI=1S/C13H15FN4O/c1-18-9-15-8-12(18)5-6-16-13(19)17-11-4-2-3-10(14)7-11/h2-4,7-9H,5-6H2,1H3,(H2,16,17,19). The van der Waals surface area contributed by atoms with Gasteiger partial charge < -0.3 is 15.2 Å². The molecule has 1 aromatic heterocycles. The molecule has 0 aliphatic heterocycles. The van der Waals surface area contributed by atoms with Crippen LogP contribution in [0.4, 0.5) is 14.9 Å². The number of aryl methyl sites for hydroxylation is 1. The molecule has 2 rings (SSSR count). The van der Waals surface area contributed by atoms with Crippen molar-refractivity contribution < 1.29 is 9.18 Å². The van der Waals surface area contributed by atoms with Crippen LogP contribution in [-0.4, -0.2) is 22.1 Å². The van der Waals surface area contributed by atoms with Gasteiger partial charge in [-0.05, 0) is 18.2 Å². The van der Waals surface area contributed by atoms with Crippen LogP contribution in [0.3, 0.4) is 0 Å². The number of imidazole rings is 1. The van der Waals surface area contributed by atoms with Crippen molar-refractivity contribution in [3.8, 4) is 0 Å². The maximum absolute atomic E-state index is 12.9. The molecule has 0 spiro atoms. The zero-order valence-electron chi connectivity index (χ0n) is 10.6. The van der Waals surface area contributed by atoms with Gasteiger partial charge in [-0.25, -0.2) is 14.2 Å². The molecule has 2 aromatic rings. The van der Waals surface area contributed by atoms with Crippen molar-refractivity contribution >= 4 is 11.7 Å². The zero-order valence-corrected chi connectivity index (χ0v) is 10.6. The van der Waals surface area contributed by atoms with Crippen LogP contribution in [0.1, 0.15) is 5.69 Å². The largest absolute Gasteiger partial charge is 0.338 e. The summed E-state index contributed by atoms with van der Waals surface area (Å²) in [6, 6.07) is 5.41. The normalized spacial score (nSPS) is 10.2. The molecule has 6 heteroatoms. The van der Waals surface area contributed by atoms with E-state index in [1.54, 1.807) is 24.7 Å². The predicted octanol–water partition coefficient (Wildman–Crippen LogP) is 1.92. The molecule has 0 fully saturated rings. The highest BCUT2D eigenvalue weighted by molar-refractivity contribution is 5.89. The van der Waals surface area contributed by atoms with Crippen LogP contribution in [0.2, 0.25) is 0 Å². The molecule has 0 atom stereocenters. The molecule has 100 valence electrons.